The Morgan fingerprint density at radius 1 is 1.17 bits per heavy atom. The molecule has 0 aliphatic rings. The van der Waals surface area contributed by atoms with Crippen LogP contribution < -0.4 is 21.7 Å². The minimum absolute atomic E-state index is 0. The van der Waals surface area contributed by atoms with Crippen LogP contribution in [0.1, 0.15) is 20.3 Å². The summed E-state index contributed by atoms with van der Waals surface area (Å²) in [5.74, 6) is -1.23. The van der Waals surface area contributed by atoms with Gasteiger partial charge in [-0.25, -0.2) is 0 Å². The highest BCUT2D eigenvalue weighted by atomic mass is 35.5. The number of hydrogen-bond acceptors (Lipinski definition) is 4. The number of amides is 3. The van der Waals surface area contributed by atoms with Gasteiger partial charge in [0.05, 0.1) is 12.6 Å². The van der Waals surface area contributed by atoms with Crippen molar-refractivity contribution in [1.82, 2.24) is 5.32 Å². The molecule has 0 bridgehead atoms. The number of nitrogens with one attached hydrogen (secondary N) is 1. The van der Waals surface area contributed by atoms with Gasteiger partial charge in [-0.15, -0.1) is 12.4 Å². The Balaban J connectivity index is 0.00000529. The molecule has 5 N–H and O–H groups in total. The zero-order valence-electron chi connectivity index (χ0n) is 13.9. The Hall–Kier alpha value is -2.12. The van der Waals surface area contributed by atoms with Crippen LogP contribution in [0.3, 0.4) is 0 Å². The molecule has 134 valence electrons. The van der Waals surface area contributed by atoms with Crippen LogP contribution in [-0.4, -0.2) is 36.9 Å². The number of nitrogens with two attached hydrogens (primary N) is 2. The molecule has 0 saturated heterocycles. The van der Waals surface area contributed by atoms with E-state index in [9.17, 15) is 14.4 Å². The minimum atomic E-state index is -0.668. The van der Waals surface area contributed by atoms with E-state index in [4.69, 9.17) is 11.5 Å². The quantitative estimate of drug-likeness (QED) is 0.625. The molecule has 0 aliphatic carbocycles. The molecule has 0 spiro atoms. The molecular formula is C16H25ClN4O3. The fraction of sp³-hybridized carbons (Fsp3) is 0.438. The van der Waals surface area contributed by atoms with E-state index in [0.717, 1.165) is 0 Å². The lowest BCUT2D eigenvalue weighted by Crippen LogP contribution is -2.48. The van der Waals surface area contributed by atoms with E-state index in [0.29, 0.717) is 5.69 Å². The third-order valence-corrected chi connectivity index (χ3v) is 3.39. The van der Waals surface area contributed by atoms with Crippen LogP contribution in [-0.2, 0) is 14.4 Å². The molecule has 0 aromatic heterocycles. The lowest BCUT2D eigenvalue weighted by atomic mass is 10.1. The highest BCUT2D eigenvalue weighted by molar-refractivity contribution is 5.97. The molecule has 24 heavy (non-hydrogen) atoms. The zero-order chi connectivity index (χ0) is 17.4. The van der Waals surface area contributed by atoms with Gasteiger partial charge in [-0.2, -0.15) is 0 Å². The summed E-state index contributed by atoms with van der Waals surface area (Å²) >= 11 is 0. The summed E-state index contributed by atoms with van der Waals surface area (Å²) in [6, 6.07) is 8.23. The molecular weight excluding hydrogens is 332 g/mol. The van der Waals surface area contributed by atoms with Crippen LogP contribution in [0.25, 0.3) is 0 Å². The third kappa shape index (κ3) is 6.97. The monoisotopic (exact) mass is 356 g/mol. The first kappa shape index (κ1) is 21.9. The van der Waals surface area contributed by atoms with Gasteiger partial charge >= 0.3 is 0 Å². The second-order valence-electron chi connectivity index (χ2n) is 5.58. The number of para-hydroxylation sites is 1. The molecule has 1 rings (SSSR count). The van der Waals surface area contributed by atoms with Gasteiger partial charge in [-0.3, -0.25) is 14.4 Å². The van der Waals surface area contributed by atoms with Gasteiger partial charge in [0.1, 0.15) is 0 Å². The number of hydrogen-bond donors (Lipinski definition) is 3. The molecule has 1 atom stereocenters. The van der Waals surface area contributed by atoms with E-state index in [1.54, 1.807) is 24.3 Å². The zero-order valence-corrected chi connectivity index (χ0v) is 14.7. The molecule has 8 heteroatoms. The molecule has 0 radical (unpaired) electrons. The highest BCUT2D eigenvalue weighted by Crippen LogP contribution is 2.13. The van der Waals surface area contributed by atoms with Gasteiger partial charge in [-0.05, 0) is 18.1 Å². The van der Waals surface area contributed by atoms with Crippen LogP contribution in [0.2, 0.25) is 0 Å². The van der Waals surface area contributed by atoms with Crippen molar-refractivity contribution in [3.8, 4) is 0 Å². The van der Waals surface area contributed by atoms with Crippen LogP contribution in [0, 0.1) is 5.92 Å². The molecule has 0 heterocycles. The van der Waals surface area contributed by atoms with Gasteiger partial charge in [-0.1, -0.05) is 32.0 Å². The molecule has 7 nitrogen and oxygen atoms in total. The maximum atomic E-state index is 12.4. The van der Waals surface area contributed by atoms with Gasteiger partial charge < -0.3 is 21.7 Å². The summed E-state index contributed by atoms with van der Waals surface area (Å²) in [5.41, 5.74) is 11.5. The Labute approximate surface area is 148 Å². The predicted octanol–water partition coefficient (Wildman–Crippen LogP) is 0.416. The van der Waals surface area contributed by atoms with Crippen molar-refractivity contribution in [2.45, 2.75) is 26.3 Å². The first-order valence-corrected chi connectivity index (χ1v) is 7.50. The van der Waals surface area contributed by atoms with Gasteiger partial charge in [0.2, 0.25) is 17.7 Å². The Morgan fingerprint density at radius 3 is 2.25 bits per heavy atom. The minimum Gasteiger partial charge on any atom is -0.370 e. The van der Waals surface area contributed by atoms with E-state index >= 15 is 0 Å². The van der Waals surface area contributed by atoms with Crippen molar-refractivity contribution in [3.05, 3.63) is 30.3 Å². The van der Waals surface area contributed by atoms with Gasteiger partial charge in [0, 0.05) is 18.7 Å². The lowest BCUT2D eigenvalue weighted by molar-refractivity contribution is -0.126. The lowest BCUT2D eigenvalue weighted by Gasteiger charge is -2.23. The van der Waals surface area contributed by atoms with Crippen LogP contribution in [0.4, 0.5) is 5.69 Å². The Morgan fingerprint density at radius 2 is 1.75 bits per heavy atom. The van der Waals surface area contributed by atoms with Crippen molar-refractivity contribution in [3.63, 3.8) is 0 Å². The second-order valence-corrected chi connectivity index (χ2v) is 5.58. The number of benzene rings is 1. The number of primary amides is 1. The van der Waals surface area contributed by atoms with E-state index in [2.05, 4.69) is 5.32 Å². The molecule has 1 aromatic carbocycles. The van der Waals surface area contributed by atoms with Crippen LogP contribution in [0.15, 0.2) is 30.3 Å². The average Bonchev–Trinajstić information content (AvgIpc) is 2.52. The highest BCUT2D eigenvalue weighted by Gasteiger charge is 2.20. The number of nitrogens with zero attached hydrogens (tertiary/aromatic N) is 1. The van der Waals surface area contributed by atoms with E-state index < -0.39 is 11.9 Å². The van der Waals surface area contributed by atoms with Crippen LogP contribution >= 0.6 is 12.4 Å². The number of anilines is 1. The largest absolute Gasteiger partial charge is 0.370 e. The number of halogens is 1. The smallest absolute Gasteiger partial charge is 0.246 e. The summed E-state index contributed by atoms with van der Waals surface area (Å²) in [6.45, 7) is 3.63. The molecule has 3 amide bonds. The van der Waals surface area contributed by atoms with E-state index in [-0.39, 0.29) is 49.6 Å². The summed E-state index contributed by atoms with van der Waals surface area (Å²) in [5, 5.41) is 2.53. The summed E-state index contributed by atoms with van der Waals surface area (Å²) in [4.78, 5) is 36.6. The number of carbonyl (C=O) groups is 3. The third-order valence-electron chi connectivity index (χ3n) is 3.39. The van der Waals surface area contributed by atoms with Crippen molar-refractivity contribution < 1.29 is 14.4 Å². The SMILES string of the molecule is CC(C)[C@H](N)C(=O)NCC(=O)N(CCC(N)=O)c1ccccc1.Cl. The Kier molecular flexibility index (Phi) is 9.68. The van der Waals surface area contributed by atoms with E-state index in [1.165, 1.54) is 4.90 Å². The van der Waals surface area contributed by atoms with Crippen molar-refractivity contribution in [1.29, 1.82) is 0 Å². The first-order valence-electron chi connectivity index (χ1n) is 7.50. The van der Waals surface area contributed by atoms with E-state index in [1.807, 2.05) is 19.9 Å². The molecule has 0 aliphatic heterocycles. The number of carbonyl (C=O) groups excluding carboxylic acids is 3. The molecule has 1 aromatic rings. The second kappa shape index (κ2) is 10.6. The topological polar surface area (TPSA) is 119 Å². The van der Waals surface area contributed by atoms with Crippen molar-refractivity contribution in [2.24, 2.45) is 17.4 Å². The van der Waals surface area contributed by atoms with Gasteiger partial charge in [0.15, 0.2) is 0 Å². The summed E-state index contributed by atoms with van der Waals surface area (Å²) in [6.07, 6.45) is 0.0418. The van der Waals surface area contributed by atoms with Crippen molar-refractivity contribution >= 4 is 35.8 Å². The standard InChI is InChI=1S/C16H24N4O3.ClH/c1-11(2)15(18)16(23)19-10-14(22)20(9-8-13(17)21)12-6-4-3-5-7-12;/h3-7,11,15H,8-10,18H2,1-2H3,(H2,17,21)(H,19,23);1H/t15-;/m0./s1. The Bertz CT molecular complexity index is 552. The fourth-order valence-electron chi connectivity index (χ4n) is 1.91. The first-order chi connectivity index (χ1) is 10.8. The maximum absolute atomic E-state index is 12.4. The summed E-state index contributed by atoms with van der Waals surface area (Å²) in [7, 11) is 0. The number of rotatable bonds is 8. The van der Waals surface area contributed by atoms with Crippen molar-refractivity contribution in [2.75, 3.05) is 18.0 Å². The average molecular weight is 357 g/mol. The normalized spacial score (nSPS) is 11.3. The predicted molar refractivity (Wildman–Crippen MR) is 95.7 cm³/mol. The molecule has 0 fully saturated rings. The van der Waals surface area contributed by atoms with Crippen LogP contribution in [0.5, 0.6) is 0 Å². The fourth-order valence-corrected chi connectivity index (χ4v) is 1.91. The maximum Gasteiger partial charge on any atom is 0.246 e. The molecule has 0 saturated carbocycles. The summed E-state index contributed by atoms with van der Waals surface area (Å²) < 4.78 is 0. The van der Waals surface area contributed by atoms with Gasteiger partial charge in [0.25, 0.3) is 0 Å². The molecule has 0 unspecified atom stereocenters.